The third-order valence-corrected chi connectivity index (χ3v) is 4.72. The number of rotatable bonds is 4. The Balaban J connectivity index is 2.44. The van der Waals surface area contributed by atoms with Crippen LogP contribution in [0, 0.1) is 5.41 Å². The van der Waals surface area contributed by atoms with E-state index >= 15 is 0 Å². The van der Waals surface area contributed by atoms with Crippen LogP contribution in [-0.4, -0.2) is 56.3 Å². The smallest absolute Gasteiger partial charge is 0.328 e. The van der Waals surface area contributed by atoms with Crippen molar-refractivity contribution in [2.45, 2.75) is 44.0 Å². The van der Waals surface area contributed by atoms with Crippen LogP contribution < -0.4 is 0 Å². The van der Waals surface area contributed by atoms with Crippen LogP contribution in [0.25, 0.3) is 0 Å². The topological polar surface area (TPSA) is 124 Å². The maximum Gasteiger partial charge on any atom is 0.328 e. The van der Waals surface area contributed by atoms with E-state index in [9.17, 15) is 19.8 Å². The SMILES string of the molecule is C[C@@]12CC(O)C[C@](C)(C(=O)O1)[C@@]2(O)/C=C/C(=C\C(=O)O)CO. The summed E-state index contributed by atoms with van der Waals surface area (Å²) >= 11 is 0. The fraction of sp³-hybridized carbons (Fsp3) is 0.600. The zero-order valence-corrected chi connectivity index (χ0v) is 12.4. The highest BCUT2D eigenvalue weighted by Crippen LogP contribution is 2.58. The van der Waals surface area contributed by atoms with Gasteiger partial charge in [-0.15, -0.1) is 0 Å². The summed E-state index contributed by atoms with van der Waals surface area (Å²) in [4.78, 5) is 22.8. The van der Waals surface area contributed by atoms with E-state index in [4.69, 9.17) is 14.9 Å². The van der Waals surface area contributed by atoms with E-state index in [-0.39, 0.29) is 18.4 Å². The van der Waals surface area contributed by atoms with Crippen LogP contribution >= 0.6 is 0 Å². The van der Waals surface area contributed by atoms with Crippen molar-refractivity contribution in [1.29, 1.82) is 0 Å². The summed E-state index contributed by atoms with van der Waals surface area (Å²) < 4.78 is 5.31. The Labute approximate surface area is 127 Å². The zero-order chi connectivity index (χ0) is 16.8. The first kappa shape index (κ1) is 16.7. The number of fused-ring (bicyclic) bond motifs is 2. The van der Waals surface area contributed by atoms with Crippen LogP contribution in [0.4, 0.5) is 0 Å². The number of carbonyl (C=O) groups is 2. The first-order valence-corrected chi connectivity index (χ1v) is 6.95. The van der Waals surface area contributed by atoms with Crippen LogP contribution in [0.2, 0.25) is 0 Å². The van der Waals surface area contributed by atoms with Crippen LogP contribution in [0.3, 0.4) is 0 Å². The summed E-state index contributed by atoms with van der Waals surface area (Å²) in [7, 11) is 0. The molecule has 122 valence electrons. The number of hydrogen-bond acceptors (Lipinski definition) is 6. The molecule has 2 aliphatic rings. The van der Waals surface area contributed by atoms with E-state index in [0.717, 1.165) is 6.08 Å². The normalized spacial score (nSPS) is 41.8. The van der Waals surface area contributed by atoms with Crippen molar-refractivity contribution < 1.29 is 34.8 Å². The van der Waals surface area contributed by atoms with Gasteiger partial charge in [-0.1, -0.05) is 6.08 Å². The molecule has 0 aromatic carbocycles. The van der Waals surface area contributed by atoms with Crippen molar-refractivity contribution in [3.8, 4) is 0 Å². The minimum absolute atomic E-state index is 0.0410. The molecule has 1 unspecified atom stereocenters. The van der Waals surface area contributed by atoms with Crippen molar-refractivity contribution in [2.24, 2.45) is 5.41 Å². The molecular weight excluding hydrogens is 292 g/mol. The van der Waals surface area contributed by atoms with Gasteiger partial charge in [-0.25, -0.2) is 4.79 Å². The summed E-state index contributed by atoms with van der Waals surface area (Å²) in [6.07, 6.45) is 2.71. The van der Waals surface area contributed by atoms with E-state index < -0.39 is 41.3 Å². The number of carboxylic acids is 1. The van der Waals surface area contributed by atoms with Gasteiger partial charge in [-0.2, -0.15) is 0 Å². The lowest BCUT2D eigenvalue weighted by Crippen LogP contribution is -2.61. The van der Waals surface area contributed by atoms with Crippen molar-refractivity contribution in [3.05, 3.63) is 23.8 Å². The largest absolute Gasteiger partial charge is 0.478 e. The number of esters is 1. The Kier molecular flexibility index (Phi) is 3.93. The Morgan fingerprint density at radius 3 is 2.55 bits per heavy atom. The second kappa shape index (κ2) is 5.19. The average molecular weight is 312 g/mol. The molecule has 0 spiro atoms. The predicted octanol–water partition coefficient (Wildman–Crippen LogP) is -0.247. The molecular formula is C15H20O7. The van der Waals surface area contributed by atoms with Crippen LogP contribution in [-0.2, 0) is 14.3 Å². The lowest BCUT2D eigenvalue weighted by Gasteiger charge is -2.47. The summed E-state index contributed by atoms with van der Waals surface area (Å²) in [5.74, 6) is -1.83. The molecule has 0 amide bonds. The number of carbonyl (C=O) groups excluding carboxylic acids is 1. The minimum atomic E-state index is -1.71. The molecule has 4 atom stereocenters. The molecule has 2 rings (SSSR count). The molecule has 1 aliphatic heterocycles. The van der Waals surface area contributed by atoms with Gasteiger partial charge in [-0.3, -0.25) is 4.79 Å². The second-order valence-corrected chi connectivity index (χ2v) is 6.33. The number of hydrogen-bond donors (Lipinski definition) is 4. The Morgan fingerprint density at radius 1 is 1.41 bits per heavy atom. The van der Waals surface area contributed by atoms with Gasteiger partial charge in [0.05, 0.1) is 12.7 Å². The van der Waals surface area contributed by atoms with Gasteiger partial charge in [-0.05, 0) is 31.9 Å². The highest BCUT2D eigenvalue weighted by Gasteiger charge is 2.72. The Hall–Kier alpha value is -1.70. The number of aliphatic hydroxyl groups is 3. The van der Waals surface area contributed by atoms with Crippen LogP contribution in [0.5, 0.6) is 0 Å². The van der Waals surface area contributed by atoms with E-state index in [1.54, 1.807) is 0 Å². The first-order valence-electron chi connectivity index (χ1n) is 6.95. The molecule has 7 heteroatoms. The fourth-order valence-electron chi connectivity index (χ4n) is 3.46. The lowest BCUT2D eigenvalue weighted by atomic mass is 9.59. The van der Waals surface area contributed by atoms with Crippen molar-refractivity contribution in [1.82, 2.24) is 0 Å². The molecule has 2 fully saturated rings. The lowest BCUT2D eigenvalue weighted by molar-refractivity contribution is -0.156. The third kappa shape index (κ3) is 2.25. The van der Waals surface area contributed by atoms with Crippen molar-refractivity contribution in [2.75, 3.05) is 6.61 Å². The highest BCUT2D eigenvalue weighted by molar-refractivity contribution is 5.84. The molecule has 1 saturated carbocycles. The fourth-order valence-corrected chi connectivity index (χ4v) is 3.46. The van der Waals surface area contributed by atoms with Gasteiger partial charge in [0.15, 0.2) is 0 Å². The van der Waals surface area contributed by atoms with E-state index in [1.807, 2.05) is 0 Å². The number of ether oxygens (including phenoxy) is 1. The molecule has 1 heterocycles. The maximum absolute atomic E-state index is 12.2. The zero-order valence-electron chi connectivity index (χ0n) is 12.4. The quantitative estimate of drug-likeness (QED) is 0.320. The Morgan fingerprint density at radius 2 is 2.05 bits per heavy atom. The average Bonchev–Trinajstić information content (AvgIpc) is 2.47. The molecule has 0 radical (unpaired) electrons. The highest BCUT2D eigenvalue weighted by atomic mass is 16.6. The van der Waals surface area contributed by atoms with Gasteiger partial charge in [0.25, 0.3) is 0 Å². The molecule has 1 aliphatic carbocycles. The van der Waals surface area contributed by atoms with Crippen molar-refractivity contribution >= 4 is 11.9 Å². The molecule has 4 N–H and O–H groups in total. The molecule has 1 saturated heterocycles. The monoisotopic (exact) mass is 312 g/mol. The van der Waals surface area contributed by atoms with E-state index in [2.05, 4.69) is 0 Å². The van der Waals surface area contributed by atoms with Gasteiger partial charge in [0.2, 0.25) is 0 Å². The summed E-state index contributed by atoms with van der Waals surface area (Å²) in [6, 6.07) is 0. The van der Waals surface area contributed by atoms with Crippen LogP contribution in [0.1, 0.15) is 26.7 Å². The summed E-state index contributed by atoms with van der Waals surface area (Å²) in [6.45, 7) is 2.51. The predicted molar refractivity (Wildman–Crippen MR) is 74.7 cm³/mol. The number of aliphatic carboxylic acids is 1. The van der Waals surface area contributed by atoms with Crippen LogP contribution in [0.15, 0.2) is 23.8 Å². The summed E-state index contributed by atoms with van der Waals surface area (Å²) in [5, 5.41) is 38.8. The second-order valence-electron chi connectivity index (χ2n) is 6.33. The molecule has 2 bridgehead atoms. The third-order valence-electron chi connectivity index (χ3n) is 4.72. The molecule has 0 aromatic heterocycles. The number of carboxylic acid groups (broad SMARTS) is 1. The molecule has 0 aromatic rings. The molecule has 7 nitrogen and oxygen atoms in total. The first-order chi connectivity index (χ1) is 10.1. The maximum atomic E-state index is 12.2. The van der Waals surface area contributed by atoms with Gasteiger partial charge >= 0.3 is 11.9 Å². The molecule has 22 heavy (non-hydrogen) atoms. The van der Waals surface area contributed by atoms with E-state index in [1.165, 1.54) is 26.0 Å². The summed E-state index contributed by atoms with van der Waals surface area (Å²) in [5.41, 5.74) is -4.27. The number of aliphatic hydroxyl groups excluding tert-OH is 2. The van der Waals surface area contributed by atoms with E-state index in [0.29, 0.717) is 0 Å². The Bertz CT molecular complexity index is 566. The minimum Gasteiger partial charge on any atom is -0.478 e. The van der Waals surface area contributed by atoms with Gasteiger partial charge in [0, 0.05) is 12.5 Å². The standard InChI is InChI=1S/C15H20O7/c1-13-6-10(17)7-14(2,22-12(13)20)15(13,21)4-3-9(8-16)5-11(18)19/h3-5,10,16-17,21H,6-8H2,1-2H3,(H,18,19)/b4-3+,9-5+/t10?,13-,14+,15+/m1/s1. The van der Waals surface area contributed by atoms with Crippen molar-refractivity contribution in [3.63, 3.8) is 0 Å². The van der Waals surface area contributed by atoms with Gasteiger partial charge < -0.3 is 25.2 Å². The van der Waals surface area contributed by atoms with Gasteiger partial charge in [0.1, 0.15) is 16.6 Å².